The summed E-state index contributed by atoms with van der Waals surface area (Å²) in [6.07, 6.45) is 14.4. The number of pyridine rings is 1. The second-order valence-corrected chi connectivity index (χ2v) is 5.86. The molecule has 0 aliphatic rings. The Hall–Kier alpha value is -0.890. The number of nitrogens with zero attached hydrogens (tertiary/aromatic N) is 1. The Morgan fingerprint density at radius 3 is 2.00 bits per heavy atom. The van der Waals surface area contributed by atoms with Gasteiger partial charge in [-0.1, -0.05) is 52.4 Å². The molecular weight excluding hydrogens is 244 g/mol. The van der Waals surface area contributed by atoms with Crippen LogP contribution in [0.15, 0.2) is 24.5 Å². The monoisotopic (exact) mass is 276 g/mol. The van der Waals surface area contributed by atoms with Gasteiger partial charge in [0.25, 0.3) is 0 Å². The van der Waals surface area contributed by atoms with Crippen LogP contribution in [0.2, 0.25) is 0 Å². The van der Waals surface area contributed by atoms with Crippen LogP contribution in [0.25, 0.3) is 0 Å². The molecule has 0 bridgehead atoms. The Morgan fingerprint density at radius 1 is 0.950 bits per heavy atom. The molecule has 1 aromatic heterocycles. The summed E-state index contributed by atoms with van der Waals surface area (Å²) in [5, 5.41) is 3.82. The van der Waals surface area contributed by atoms with Gasteiger partial charge in [0.05, 0.1) is 0 Å². The molecule has 0 aliphatic heterocycles. The number of rotatable bonds is 11. The molecule has 2 nitrogen and oxygen atoms in total. The van der Waals surface area contributed by atoms with Crippen molar-refractivity contribution in [2.24, 2.45) is 0 Å². The lowest BCUT2D eigenvalue weighted by atomic mass is 10.00. The zero-order valence-electron chi connectivity index (χ0n) is 13.6. The fraction of sp³-hybridized carbons (Fsp3) is 0.722. The minimum Gasteiger partial charge on any atom is -0.307 e. The first-order valence-electron chi connectivity index (χ1n) is 8.43. The average molecular weight is 276 g/mol. The molecule has 0 unspecified atom stereocenters. The Kier molecular flexibility index (Phi) is 9.31. The van der Waals surface area contributed by atoms with Gasteiger partial charge in [-0.05, 0) is 37.5 Å². The number of unbranched alkanes of at least 4 members (excludes halogenated alkanes) is 4. The third kappa shape index (κ3) is 7.04. The standard InChI is InChI=1S/C18H32N2/c1-4-6-8-10-18(11-9-7-5-2)20-16(3)17-12-14-19-15-13-17/h12-16,18,20H,4-11H2,1-3H3/t16-/m1/s1. The van der Waals surface area contributed by atoms with Gasteiger partial charge >= 0.3 is 0 Å². The Morgan fingerprint density at radius 2 is 1.50 bits per heavy atom. The van der Waals surface area contributed by atoms with E-state index in [1.54, 1.807) is 0 Å². The average Bonchev–Trinajstić information content (AvgIpc) is 2.48. The summed E-state index contributed by atoms with van der Waals surface area (Å²) in [5.74, 6) is 0. The van der Waals surface area contributed by atoms with E-state index in [2.05, 4.69) is 43.2 Å². The van der Waals surface area contributed by atoms with Crippen molar-refractivity contribution in [3.8, 4) is 0 Å². The molecule has 1 N–H and O–H groups in total. The molecule has 0 fully saturated rings. The SMILES string of the molecule is CCCCCC(CCCCC)N[C@H](C)c1ccncc1. The second kappa shape index (κ2) is 10.8. The summed E-state index contributed by atoms with van der Waals surface area (Å²) < 4.78 is 0. The Balaban J connectivity index is 2.44. The summed E-state index contributed by atoms with van der Waals surface area (Å²) in [7, 11) is 0. The summed E-state index contributed by atoms with van der Waals surface area (Å²) >= 11 is 0. The Bertz CT molecular complexity index is 313. The zero-order chi connectivity index (χ0) is 14.6. The van der Waals surface area contributed by atoms with Crippen LogP contribution in [0.1, 0.15) is 83.7 Å². The first-order chi connectivity index (χ1) is 9.77. The van der Waals surface area contributed by atoms with E-state index in [-0.39, 0.29) is 0 Å². The predicted molar refractivity (Wildman–Crippen MR) is 87.9 cm³/mol. The van der Waals surface area contributed by atoms with E-state index in [4.69, 9.17) is 0 Å². The number of aromatic nitrogens is 1. The van der Waals surface area contributed by atoms with Crippen LogP contribution in [0.3, 0.4) is 0 Å². The van der Waals surface area contributed by atoms with E-state index in [0.717, 1.165) is 0 Å². The molecule has 114 valence electrons. The van der Waals surface area contributed by atoms with Gasteiger partial charge in [-0.15, -0.1) is 0 Å². The molecular formula is C18H32N2. The highest BCUT2D eigenvalue weighted by molar-refractivity contribution is 5.14. The summed E-state index contributed by atoms with van der Waals surface area (Å²) in [6.45, 7) is 6.82. The van der Waals surface area contributed by atoms with Crippen molar-refractivity contribution in [1.29, 1.82) is 0 Å². The van der Waals surface area contributed by atoms with Crippen LogP contribution in [-0.4, -0.2) is 11.0 Å². The van der Waals surface area contributed by atoms with Gasteiger partial charge in [0, 0.05) is 24.5 Å². The molecule has 0 saturated heterocycles. The molecule has 1 atom stereocenters. The third-order valence-corrected chi connectivity index (χ3v) is 4.00. The van der Waals surface area contributed by atoms with Gasteiger partial charge in [0.15, 0.2) is 0 Å². The van der Waals surface area contributed by atoms with Crippen LogP contribution >= 0.6 is 0 Å². The van der Waals surface area contributed by atoms with Crippen LogP contribution in [0, 0.1) is 0 Å². The Labute approximate surface area is 125 Å². The second-order valence-electron chi connectivity index (χ2n) is 5.86. The van der Waals surface area contributed by atoms with Gasteiger partial charge in [0.1, 0.15) is 0 Å². The van der Waals surface area contributed by atoms with Crippen molar-refractivity contribution < 1.29 is 0 Å². The van der Waals surface area contributed by atoms with E-state index in [0.29, 0.717) is 12.1 Å². The predicted octanol–water partition coefficient (Wildman–Crippen LogP) is 5.26. The molecule has 0 radical (unpaired) electrons. The first-order valence-corrected chi connectivity index (χ1v) is 8.43. The molecule has 0 amide bonds. The highest BCUT2D eigenvalue weighted by Gasteiger charge is 2.12. The lowest BCUT2D eigenvalue weighted by Gasteiger charge is -2.24. The van der Waals surface area contributed by atoms with Crippen molar-refractivity contribution in [1.82, 2.24) is 10.3 Å². The topological polar surface area (TPSA) is 24.9 Å². The fourth-order valence-corrected chi connectivity index (χ4v) is 2.69. The molecule has 0 aliphatic carbocycles. The maximum Gasteiger partial charge on any atom is 0.0295 e. The van der Waals surface area contributed by atoms with E-state index in [1.165, 1.54) is 56.9 Å². The molecule has 1 rings (SSSR count). The minimum absolute atomic E-state index is 0.422. The van der Waals surface area contributed by atoms with Gasteiger partial charge in [-0.2, -0.15) is 0 Å². The van der Waals surface area contributed by atoms with Gasteiger partial charge in [0.2, 0.25) is 0 Å². The van der Waals surface area contributed by atoms with Crippen LogP contribution < -0.4 is 5.32 Å². The number of nitrogens with one attached hydrogen (secondary N) is 1. The quantitative estimate of drug-likeness (QED) is 0.557. The largest absolute Gasteiger partial charge is 0.307 e. The van der Waals surface area contributed by atoms with Gasteiger partial charge in [-0.25, -0.2) is 0 Å². The molecule has 0 spiro atoms. The summed E-state index contributed by atoms with van der Waals surface area (Å²) in [6, 6.07) is 5.32. The normalized spacial score (nSPS) is 12.8. The van der Waals surface area contributed by atoms with Crippen LogP contribution in [-0.2, 0) is 0 Å². The van der Waals surface area contributed by atoms with E-state index >= 15 is 0 Å². The van der Waals surface area contributed by atoms with E-state index in [1.807, 2.05) is 12.4 Å². The van der Waals surface area contributed by atoms with E-state index in [9.17, 15) is 0 Å². The highest BCUT2D eigenvalue weighted by Crippen LogP contribution is 2.17. The van der Waals surface area contributed by atoms with Crippen molar-refractivity contribution in [3.05, 3.63) is 30.1 Å². The highest BCUT2D eigenvalue weighted by atomic mass is 14.9. The van der Waals surface area contributed by atoms with E-state index < -0.39 is 0 Å². The van der Waals surface area contributed by atoms with Crippen molar-refractivity contribution in [2.75, 3.05) is 0 Å². The molecule has 1 heterocycles. The van der Waals surface area contributed by atoms with Crippen LogP contribution in [0.5, 0.6) is 0 Å². The summed E-state index contributed by atoms with van der Waals surface area (Å²) in [4.78, 5) is 4.10. The lowest BCUT2D eigenvalue weighted by molar-refractivity contribution is 0.384. The first kappa shape index (κ1) is 17.2. The van der Waals surface area contributed by atoms with Crippen molar-refractivity contribution in [2.45, 2.75) is 84.2 Å². The van der Waals surface area contributed by atoms with Gasteiger partial charge < -0.3 is 5.32 Å². The molecule has 0 saturated carbocycles. The smallest absolute Gasteiger partial charge is 0.0295 e. The zero-order valence-corrected chi connectivity index (χ0v) is 13.6. The number of hydrogen-bond acceptors (Lipinski definition) is 2. The van der Waals surface area contributed by atoms with Crippen molar-refractivity contribution >= 4 is 0 Å². The maximum absolute atomic E-state index is 4.10. The lowest BCUT2D eigenvalue weighted by Crippen LogP contribution is -2.31. The molecule has 20 heavy (non-hydrogen) atoms. The fourth-order valence-electron chi connectivity index (χ4n) is 2.69. The maximum atomic E-state index is 4.10. The molecule has 1 aromatic rings. The van der Waals surface area contributed by atoms with Crippen LogP contribution in [0.4, 0.5) is 0 Å². The molecule has 0 aromatic carbocycles. The van der Waals surface area contributed by atoms with Crippen molar-refractivity contribution in [3.63, 3.8) is 0 Å². The number of hydrogen-bond donors (Lipinski definition) is 1. The molecule has 2 heteroatoms. The summed E-state index contributed by atoms with van der Waals surface area (Å²) in [5.41, 5.74) is 1.34. The minimum atomic E-state index is 0.422. The third-order valence-electron chi connectivity index (χ3n) is 4.00. The van der Waals surface area contributed by atoms with Gasteiger partial charge in [-0.3, -0.25) is 4.98 Å².